The molecule has 3 N–H and O–H groups in total. The number of aromatic nitrogens is 1. The summed E-state index contributed by atoms with van der Waals surface area (Å²) < 4.78 is 0. The van der Waals surface area contributed by atoms with Crippen molar-refractivity contribution in [1.82, 2.24) is 4.98 Å². The van der Waals surface area contributed by atoms with E-state index in [1.807, 2.05) is 0 Å². The normalized spacial score (nSPS) is 10.7. The van der Waals surface area contributed by atoms with E-state index in [2.05, 4.69) is 4.98 Å². The summed E-state index contributed by atoms with van der Waals surface area (Å²) in [5, 5.41) is 1.13. The molecule has 0 unspecified atom stereocenters. The highest BCUT2D eigenvalue weighted by Crippen LogP contribution is 2.18. The molecule has 0 radical (unpaired) electrons. The predicted octanol–water partition coefficient (Wildman–Crippen LogP) is 1.64. The van der Waals surface area contributed by atoms with Crippen LogP contribution in [0.3, 0.4) is 0 Å². The van der Waals surface area contributed by atoms with Crippen molar-refractivity contribution < 1.29 is 0 Å². The largest absolute Gasteiger partial charge is 0.356 e. The smallest absolute Gasteiger partial charge is 0.189 e. The summed E-state index contributed by atoms with van der Waals surface area (Å²) in [6, 6.07) is 6.72. The molecular formula is C10H9ClN2O. The predicted molar refractivity (Wildman–Crippen MR) is 57.5 cm³/mol. The number of nitrogens with two attached hydrogens (primary N) is 1. The first-order valence-corrected chi connectivity index (χ1v) is 4.60. The average molecular weight is 209 g/mol. The number of nitrogens with one attached hydrogen (secondary N) is 1. The van der Waals surface area contributed by atoms with Crippen molar-refractivity contribution >= 4 is 22.5 Å². The summed E-state index contributed by atoms with van der Waals surface area (Å²) in [6.45, 7) is 0.302. The number of hydrogen-bond acceptors (Lipinski definition) is 2. The zero-order valence-corrected chi connectivity index (χ0v) is 8.14. The molecule has 72 valence electrons. The first kappa shape index (κ1) is 9.24. The van der Waals surface area contributed by atoms with Crippen molar-refractivity contribution in [1.29, 1.82) is 0 Å². The van der Waals surface area contributed by atoms with E-state index in [1.165, 1.54) is 6.07 Å². The number of para-hydroxylation sites is 1. The quantitative estimate of drug-likeness (QED) is 0.749. The Balaban J connectivity index is 2.91. The van der Waals surface area contributed by atoms with Gasteiger partial charge in [-0.3, -0.25) is 4.79 Å². The number of pyridine rings is 1. The van der Waals surface area contributed by atoms with E-state index in [0.29, 0.717) is 28.2 Å². The molecule has 1 heterocycles. The summed E-state index contributed by atoms with van der Waals surface area (Å²) in [7, 11) is 0. The maximum atomic E-state index is 11.6. The molecule has 1 aromatic carbocycles. The molecule has 0 aliphatic rings. The maximum Gasteiger partial charge on any atom is 0.189 e. The van der Waals surface area contributed by atoms with Gasteiger partial charge in [-0.05, 0) is 12.1 Å². The van der Waals surface area contributed by atoms with Crippen LogP contribution in [0.15, 0.2) is 29.1 Å². The van der Waals surface area contributed by atoms with Crippen LogP contribution < -0.4 is 11.2 Å². The SMILES string of the molecule is NCc1cc(=O)c2cccc(Cl)c2[nH]1. The van der Waals surface area contributed by atoms with Crippen LogP contribution in [0.5, 0.6) is 0 Å². The first-order chi connectivity index (χ1) is 6.72. The molecule has 0 spiro atoms. The lowest BCUT2D eigenvalue weighted by Crippen LogP contribution is -2.08. The van der Waals surface area contributed by atoms with Crippen LogP contribution in [0.25, 0.3) is 10.9 Å². The van der Waals surface area contributed by atoms with Crippen LogP contribution in [-0.2, 0) is 6.54 Å². The molecule has 2 rings (SSSR count). The second-order valence-electron chi connectivity index (χ2n) is 3.03. The van der Waals surface area contributed by atoms with Gasteiger partial charge in [0.05, 0.1) is 10.5 Å². The van der Waals surface area contributed by atoms with Gasteiger partial charge in [0.15, 0.2) is 5.43 Å². The Hall–Kier alpha value is -1.32. The zero-order chi connectivity index (χ0) is 10.1. The fraction of sp³-hybridized carbons (Fsp3) is 0.100. The molecule has 2 aromatic rings. The fourth-order valence-corrected chi connectivity index (χ4v) is 1.62. The molecule has 1 aromatic heterocycles. The standard InChI is InChI=1S/C10H9ClN2O/c11-8-3-1-2-7-9(14)4-6(5-12)13-10(7)8/h1-4H,5,12H2,(H,13,14). The van der Waals surface area contributed by atoms with Crippen LogP contribution in [0.4, 0.5) is 0 Å². The summed E-state index contributed by atoms with van der Waals surface area (Å²) in [6.07, 6.45) is 0. The van der Waals surface area contributed by atoms with Gasteiger partial charge in [0.25, 0.3) is 0 Å². The number of benzene rings is 1. The molecule has 0 saturated heterocycles. The van der Waals surface area contributed by atoms with E-state index in [9.17, 15) is 4.79 Å². The Morgan fingerprint density at radius 2 is 2.21 bits per heavy atom. The van der Waals surface area contributed by atoms with Gasteiger partial charge in [0, 0.05) is 23.7 Å². The highest BCUT2D eigenvalue weighted by Gasteiger charge is 2.03. The summed E-state index contributed by atoms with van der Waals surface area (Å²) in [5.41, 5.74) is 6.74. The topological polar surface area (TPSA) is 58.9 Å². The lowest BCUT2D eigenvalue weighted by molar-refractivity contribution is 1.00. The van der Waals surface area contributed by atoms with E-state index >= 15 is 0 Å². The van der Waals surface area contributed by atoms with Crippen LogP contribution in [-0.4, -0.2) is 4.98 Å². The van der Waals surface area contributed by atoms with E-state index in [0.717, 1.165) is 0 Å². The van der Waals surface area contributed by atoms with E-state index < -0.39 is 0 Å². The van der Waals surface area contributed by atoms with Crippen molar-refractivity contribution in [3.8, 4) is 0 Å². The first-order valence-electron chi connectivity index (χ1n) is 4.23. The number of rotatable bonds is 1. The summed E-state index contributed by atoms with van der Waals surface area (Å²) in [4.78, 5) is 14.6. The van der Waals surface area contributed by atoms with Gasteiger partial charge in [0.2, 0.25) is 0 Å². The van der Waals surface area contributed by atoms with Gasteiger partial charge in [-0.2, -0.15) is 0 Å². The molecule has 3 nitrogen and oxygen atoms in total. The van der Waals surface area contributed by atoms with Crippen molar-refractivity contribution in [3.05, 3.63) is 45.2 Å². The Bertz CT molecular complexity index is 533. The zero-order valence-electron chi connectivity index (χ0n) is 7.38. The van der Waals surface area contributed by atoms with Crippen LogP contribution in [0, 0.1) is 0 Å². The van der Waals surface area contributed by atoms with Gasteiger partial charge >= 0.3 is 0 Å². The molecule has 14 heavy (non-hydrogen) atoms. The van der Waals surface area contributed by atoms with Crippen molar-refractivity contribution in [2.24, 2.45) is 5.73 Å². The van der Waals surface area contributed by atoms with E-state index in [-0.39, 0.29) is 5.43 Å². The minimum Gasteiger partial charge on any atom is -0.356 e. The Morgan fingerprint density at radius 3 is 2.93 bits per heavy atom. The lowest BCUT2D eigenvalue weighted by atomic mass is 10.2. The molecule has 0 aliphatic carbocycles. The fourth-order valence-electron chi connectivity index (χ4n) is 1.40. The van der Waals surface area contributed by atoms with Gasteiger partial charge in [-0.1, -0.05) is 17.7 Å². The Labute approximate surface area is 85.5 Å². The lowest BCUT2D eigenvalue weighted by Gasteiger charge is -2.02. The summed E-state index contributed by atoms with van der Waals surface area (Å²) >= 11 is 5.95. The minimum absolute atomic E-state index is 0.0540. The van der Waals surface area contributed by atoms with Gasteiger partial charge in [-0.15, -0.1) is 0 Å². The van der Waals surface area contributed by atoms with Crippen molar-refractivity contribution in [2.45, 2.75) is 6.54 Å². The number of hydrogen-bond donors (Lipinski definition) is 2. The summed E-state index contributed by atoms with van der Waals surface area (Å²) in [5.74, 6) is 0. The van der Waals surface area contributed by atoms with Gasteiger partial charge < -0.3 is 10.7 Å². The number of fused-ring (bicyclic) bond motifs is 1. The van der Waals surface area contributed by atoms with Gasteiger partial charge in [-0.25, -0.2) is 0 Å². The number of H-pyrrole nitrogens is 1. The highest BCUT2D eigenvalue weighted by atomic mass is 35.5. The maximum absolute atomic E-state index is 11.6. The molecule has 0 fully saturated rings. The van der Waals surface area contributed by atoms with Crippen molar-refractivity contribution in [2.75, 3.05) is 0 Å². The third-order valence-corrected chi connectivity index (χ3v) is 2.40. The number of halogens is 1. The second kappa shape index (κ2) is 3.44. The van der Waals surface area contributed by atoms with E-state index in [1.54, 1.807) is 18.2 Å². The molecule has 0 saturated carbocycles. The molecule has 0 aliphatic heterocycles. The molecular weight excluding hydrogens is 200 g/mol. The average Bonchev–Trinajstić information content (AvgIpc) is 2.19. The highest BCUT2D eigenvalue weighted by molar-refractivity contribution is 6.35. The monoisotopic (exact) mass is 208 g/mol. The Morgan fingerprint density at radius 1 is 1.43 bits per heavy atom. The minimum atomic E-state index is -0.0540. The molecule has 0 bridgehead atoms. The van der Waals surface area contributed by atoms with Gasteiger partial charge in [0.1, 0.15) is 0 Å². The second-order valence-corrected chi connectivity index (χ2v) is 3.43. The van der Waals surface area contributed by atoms with Crippen LogP contribution in [0.2, 0.25) is 5.02 Å². The van der Waals surface area contributed by atoms with Crippen molar-refractivity contribution in [3.63, 3.8) is 0 Å². The van der Waals surface area contributed by atoms with Crippen LogP contribution in [0.1, 0.15) is 5.69 Å². The third-order valence-electron chi connectivity index (χ3n) is 2.09. The van der Waals surface area contributed by atoms with E-state index in [4.69, 9.17) is 17.3 Å². The van der Waals surface area contributed by atoms with Crippen LogP contribution >= 0.6 is 11.6 Å². The molecule has 0 atom stereocenters. The Kier molecular flexibility index (Phi) is 2.27. The molecule has 4 heteroatoms. The third kappa shape index (κ3) is 1.41. The number of aromatic amines is 1. The molecule has 0 amide bonds.